The molecule has 0 bridgehead atoms. The van der Waals surface area contributed by atoms with Crippen molar-refractivity contribution in [3.8, 4) is 6.07 Å². The number of carbonyl (C=O) groups is 1. The number of amides is 1. The molecule has 1 amide bonds. The van der Waals surface area contributed by atoms with Gasteiger partial charge < -0.3 is 5.32 Å². The Morgan fingerprint density at radius 2 is 1.83 bits per heavy atom. The first kappa shape index (κ1) is 16.6. The second kappa shape index (κ2) is 6.97. The van der Waals surface area contributed by atoms with Crippen LogP contribution in [0, 0.1) is 11.3 Å². The summed E-state index contributed by atoms with van der Waals surface area (Å²) >= 11 is 0. The predicted octanol–water partition coefficient (Wildman–Crippen LogP) is 3.55. The Kier molecular flexibility index (Phi) is 5.02. The van der Waals surface area contributed by atoms with Gasteiger partial charge in [0.05, 0.1) is 17.2 Å². The molecule has 6 heteroatoms. The van der Waals surface area contributed by atoms with Crippen LogP contribution in [0.4, 0.5) is 13.2 Å². The van der Waals surface area contributed by atoms with Gasteiger partial charge in [-0.1, -0.05) is 18.2 Å². The summed E-state index contributed by atoms with van der Waals surface area (Å²) in [6.45, 7) is 0.293. The number of rotatable bonds is 4. The first-order valence-electron chi connectivity index (χ1n) is 6.84. The number of hydrogen-bond donors (Lipinski definition) is 1. The monoisotopic (exact) mass is 318 g/mol. The minimum atomic E-state index is -4.35. The molecule has 0 heterocycles. The van der Waals surface area contributed by atoms with Crippen molar-refractivity contribution in [2.45, 2.75) is 12.6 Å². The van der Waals surface area contributed by atoms with Gasteiger partial charge in [-0.05, 0) is 42.3 Å². The molecule has 0 aliphatic carbocycles. The Morgan fingerprint density at radius 1 is 1.13 bits per heavy atom. The molecule has 0 aromatic heterocycles. The van der Waals surface area contributed by atoms with Crippen molar-refractivity contribution in [2.75, 3.05) is 6.54 Å². The molecule has 0 aliphatic rings. The molecule has 0 saturated carbocycles. The lowest BCUT2D eigenvalue weighted by atomic mass is 10.1. The van der Waals surface area contributed by atoms with E-state index in [1.807, 2.05) is 6.07 Å². The lowest BCUT2D eigenvalue weighted by Crippen LogP contribution is -2.25. The second-order valence-electron chi connectivity index (χ2n) is 4.89. The number of benzene rings is 2. The van der Waals surface area contributed by atoms with E-state index < -0.39 is 11.7 Å². The molecule has 0 radical (unpaired) electrons. The molecule has 0 unspecified atom stereocenters. The molecule has 3 nitrogen and oxygen atoms in total. The van der Waals surface area contributed by atoms with Crippen molar-refractivity contribution in [3.63, 3.8) is 0 Å². The molecule has 23 heavy (non-hydrogen) atoms. The molecule has 2 aromatic carbocycles. The number of carbonyl (C=O) groups excluding carboxylic acids is 1. The summed E-state index contributed by atoms with van der Waals surface area (Å²) in [7, 11) is 0. The van der Waals surface area contributed by atoms with Gasteiger partial charge in [0, 0.05) is 12.1 Å². The van der Waals surface area contributed by atoms with Gasteiger partial charge in [0.25, 0.3) is 5.91 Å². The first-order valence-corrected chi connectivity index (χ1v) is 6.84. The largest absolute Gasteiger partial charge is 0.416 e. The number of halogens is 3. The smallest absolute Gasteiger partial charge is 0.352 e. The minimum Gasteiger partial charge on any atom is -0.352 e. The molecule has 0 spiro atoms. The summed E-state index contributed by atoms with van der Waals surface area (Å²) < 4.78 is 37.3. The minimum absolute atomic E-state index is 0.293. The predicted molar refractivity (Wildman–Crippen MR) is 78.6 cm³/mol. The maximum atomic E-state index is 12.4. The van der Waals surface area contributed by atoms with Crippen LogP contribution < -0.4 is 5.32 Å². The third kappa shape index (κ3) is 4.58. The fourth-order valence-corrected chi connectivity index (χ4v) is 2.01. The van der Waals surface area contributed by atoms with E-state index in [2.05, 4.69) is 5.32 Å². The normalized spacial score (nSPS) is 10.9. The fraction of sp³-hybridized carbons (Fsp3) is 0.176. The van der Waals surface area contributed by atoms with Gasteiger partial charge in [-0.25, -0.2) is 0 Å². The van der Waals surface area contributed by atoms with E-state index in [0.29, 0.717) is 29.7 Å². The van der Waals surface area contributed by atoms with Gasteiger partial charge in [0.1, 0.15) is 0 Å². The van der Waals surface area contributed by atoms with Gasteiger partial charge in [0.2, 0.25) is 0 Å². The molecule has 0 saturated heterocycles. The van der Waals surface area contributed by atoms with Crippen molar-refractivity contribution < 1.29 is 18.0 Å². The highest BCUT2D eigenvalue weighted by atomic mass is 19.4. The summed E-state index contributed by atoms with van der Waals surface area (Å²) in [6, 6.07) is 13.1. The summed E-state index contributed by atoms with van der Waals surface area (Å²) in [6.07, 6.45) is -3.93. The summed E-state index contributed by atoms with van der Waals surface area (Å²) in [5, 5.41) is 11.5. The van der Waals surface area contributed by atoms with Gasteiger partial charge in [-0.3, -0.25) is 4.79 Å². The summed E-state index contributed by atoms with van der Waals surface area (Å²) in [5.41, 5.74) is 0.763. The number of alkyl halides is 3. The molecule has 0 atom stereocenters. The lowest BCUT2D eigenvalue weighted by molar-refractivity contribution is -0.137. The standard InChI is InChI=1S/C17H13F3N2O/c18-17(19,20)15-6-4-12(5-7-15)8-9-22-16(23)14-3-1-2-13(10-14)11-21/h1-7,10H,8-9H2,(H,22,23). The van der Waals surface area contributed by atoms with Crippen molar-refractivity contribution in [1.29, 1.82) is 5.26 Å². The highest BCUT2D eigenvalue weighted by molar-refractivity contribution is 5.94. The zero-order valence-electron chi connectivity index (χ0n) is 12.0. The molecular formula is C17H13F3N2O. The first-order chi connectivity index (χ1) is 10.9. The van der Waals surface area contributed by atoms with Crippen LogP contribution >= 0.6 is 0 Å². The molecule has 2 rings (SSSR count). The zero-order chi connectivity index (χ0) is 16.9. The zero-order valence-corrected chi connectivity index (χ0v) is 12.0. The third-order valence-corrected chi connectivity index (χ3v) is 3.23. The highest BCUT2D eigenvalue weighted by Crippen LogP contribution is 2.29. The lowest BCUT2D eigenvalue weighted by Gasteiger charge is -2.08. The van der Waals surface area contributed by atoms with Crippen LogP contribution in [0.25, 0.3) is 0 Å². The molecule has 1 N–H and O–H groups in total. The van der Waals surface area contributed by atoms with Gasteiger partial charge in [-0.2, -0.15) is 18.4 Å². The maximum Gasteiger partial charge on any atom is 0.416 e. The quantitative estimate of drug-likeness (QED) is 0.937. The molecule has 2 aromatic rings. The summed E-state index contributed by atoms with van der Waals surface area (Å²) in [4.78, 5) is 11.9. The van der Waals surface area contributed by atoms with E-state index in [1.165, 1.54) is 18.2 Å². The molecule has 118 valence electrons. The van der Waals surface area contributed by atoms with Crippen LogP contribution in [0.3, 0.4) is 0 Å². The van der Waals surface area contributed by atoms with E-state index in [0.717, 1.165) is 12.1 Å². The Labute approximate surface area is 131 Å². The van der Waals surface area contributed by atoms with Gasteiger partial charge >= 0.3 is 6.18 Å². The SMILES string of the molecule is N#Cc1cccc(C(=O)NCCc2ccc(C(F)(F)F)cc2)c1. The van der Waals surface area contributed by atoms with Crippen LogP contribution in [0.2, 0.25) is 0 Å². The number of hydrogen-bond acceptors (Lipinski definition) is 2. The highest BCUT2D eigenvalue weighted by Gasteiger charge is 2.29. The fourth-order valence-electron chi connectivity index (χ4n) is 2.01. The Hall–Kier alpha value is -2.81. The number of nitrogens with one attached hydrogen (secondary N) is 1. The van der Waals surface area contributed by atoms with Crippen LogP contribution in [-0.2, 0) is 12.6 Å². The van der Waals surface area contributed by atoms with Crippen molar-refractivity contribution >= 4 is 5.91 Å². The third-order valence-electron chi connectivity index (χ3n) is 3.23. The molecule has 0 aliphatic heterocycles. The van der Waals surface area contributed by atoms with E-state index >= 15 is 0 Å². The van der Waals surface area contributed by atoms with Gasteiger partial charge in [0.15, 0.2) is 0 Å². The van der Waals surface area contributed by atoms with E-state index in [1.54, 1.807) is 18.2 Å². The van der Waals surface area contributed by atoms with Crippen LogP contribution in [0.1, 0.15) is 27.0 Å². The average molecular weight is 318 g/mol. The van der Waals surface area contributed by atoms with Crippen molar-refractivity contribution in [1.82, 2.24) is 5.32 Å². The Balaban J connectivity index is 1.89. The number of nitriles is 1. The van der Waals surface area contributed by atoms with Crippen LogP contribution in [-0.4, -0.2) is 12.5 Å². The maximum absolute atomic E-state index is 12.4. The van der Waals surface area contributed by atoms with Gasteiger partial charge in [-0.15, -0.1) is 0 Å². The van der Waals surface area contributed by atoms with E-state index in [4.69, 9.17) is 5.26 Å². The Bertz CT molecular complexity index is 731. The number of nitrogens with zero attached hydrogens (tertiary/aromatic N) is 1. The van der Waals surface area contributed by atoms with Crippen LogP contribution in [0.5, 0.6) is 0 Å². The Morgan fingerprint density at radius 3 is 2.43 bits per heavy atom. The second-order valence-corrected chi connectivity index (χ2v) is 4.89. The average Bonchev–Trinajstić information content (AvgIpc) is 2.54. The van der Waals surface area contributed by atoms with Crippen LogP contribution in [0.15, 0.2) is 48.5 Å². The van der Waals surface area contributed by atoms with Crippen molar-refractivity contribution in [3.05, 3.63) is 70.8 Å². The summed E-state index contributed by atoms with van der Waals surface area (Å²) in [5.74, 6) is -0.325. The molecular weight excluding hydrogens is 305 g/mol. The van der Waals surface area contributed by atoms with E-state index in [-0.39, 0.29) is 5.91 Å². The topological polar surface area (TPSA) is 52.9 Å². The van der Waals surface area contributed by atoms with E-state index in [9.17, 15) is 18.0 Å². The molecule has 0 fully saturated rings. The van der Waals surface area contributed by atoms with Crippen molar-refractivity contribution in [2.24, 2.45) is 0 Å².